The number of hydrogen-bond acceptors (Lipinski definition) is 3. The standard InChI is InChI=1S/C13H18N2O2/c1-15(2)10-5-3-9(4-6-10)14-12-8-7-11(12)13(16)17/h3-6,11-12,14H,7-8H2,1-2H3,(H,16,17). The first-order valence-corrected chi connectivity index (χ1v) is 5.84. The van der Waals surface area contributed by atoms with Gasteiger partial charge in [-0.15, -0.1) is 0 Å². The molecule has 0 spiro atoms. The SMILES string of the molecule is CN(C)c1ccc(NC2CCC2C(=O)O)cc1. The quantitative estimate of drug-likeness (QED) is 0.837. The summed E-state index contributed by atoms with van der Waals surface area (Å²) in [7, 11) is 3.99. The molecule has 1 fully saturated rings. The summed E-state index contributed by atoms with van der Waals surface area (Å²) in [6, 6.07) is 8.12. The van der Waals surface area contributed by atoms with E-state index in [4.69, 9.17) is 5.11 Å². The first-order valence-electron chi connectivity index (χ1n) is 5.84. The van der Waals surface area contributed by atoms with Crippen LogP contribution in [0, 0.1) is 5.92 Å². The second-order valence-corrected chi connectivity index (χ2v) is 4.71. The Balaban J connectivity index is 1.97. The van der Waals surface area contributed by atoms with Crippen molar-refractivity contribution < 1.29 is 9.90 Å². The van der Waals surface area contributed by atoms with Crippen molar-refractivity contribution >= 4 is 17.3 Å². The lowest BCUT2D eigenvalue weighted by Crippen LogP contribution is -2.42. The lowest BCUT2D eigenvalue weighted by molar-refractivity contribution is -0.144. The number of carboxylic acids is 1. The average Bonchev–Trinajstić information content (AvgIpc) is 2.24. The highest BCUT2D eigenvalue weighted by molar-refractivity contribution is 5.73. The van der Waals surface area contributed by atoms with Crippen molar-refractivity contribution in [3.8, 4) is 0 Å². The minimum Gasteiger partial charge on any atom is -0.481 e. The highest BCUT2D eigenvalue weighted by Crippen LogP contribution is 2.31. The van der Waals surface area contributed by atoms with Crippen LogP contribution in [-0.4, -0.2) is 31.2 Å². The predicted molar refractivity (Wildman–Crippen MR) is 68.5 cm³/mol. The normalized spacial score (nSPS) is 22.7. The zero-order chi connectivity index (χ0) is 12.4. The van der Waals surface area contributed by atoms with Gasteiger partial charge in [-0.1, -0.05) is 0 Å². The Bertz CT molecular complexity index is 400. The van der Waals surface area contributed by atoms with Gasteiger partial charge in [0.05, 0.1) is 5.92 Å². The summed E-state index contributed by atoms with van der Waals surface area (Å²) < 4.78 is 0. The molecular formula is C13H18N2O2. The largest absolute Gasteiger partial charge is 0.481 e. The topological polar surface area (TPSA) is 52.6 Å². The van der Waals surface area contributed by atoms with Gasteiger partial charge in [0.15, 0.2) is 0 Å². The van der Waals surface area contributed by atoms with Crippen LogP contribution in [0.1, 0.15) is 12.8 Å². The summed E-state index contributed by atoms with van der Waals surface area (Å²) in [6.45, 7) is 0. The van der Waals surface area contributed by atoms with Crippen molar-refractivity contribution in [2.75, 3.05) is 24.3 Å². The molecule has 2 rings (SSSR count). The van der Waals surface area contributed by atoms with Crippen LogP contribution in [0.5, 0.6) is 0 Å². The molecule has 0 saturated heterocycles. The van der Waals surface area contributed by atoms with Crippen molar-refractivity contribution in [3.05, 3.63) is 24.3 Å². The van der Waals surface area contributed by atoms with Gasteiger partial charge in [0.2, 0.25) is 0 Å². The zero-order valence-electron chi connectivity index (χ0n) is 10.2. The van der Waals surface area contributed by atoms with Crippen LogP contribution in [0.4, 0.5) is 11.4 Å². The Morgan fingerprint density at radius 2 is 1.94 bits per heavy atom. The Kier molecular flexibility index (Phi) is 3.22. The number of carbonyl (C=O) groups is 1. The Morgan fingerprint density at radius 1 is 1.29 bits per heavy atom. The summed E-state index contributed by atoms with van der Waals surface area (Å²) in [5.74, 6) is -0.929. The second-order valence-electron chi connectivity index (χ2n) is 4.71. The summed E-state index contributed by atoms with van der Waals surface area (Å²) in [6.07, 6.45) is 1.72. The van der Waals surface area contributed by atoms with E-state index in [9.17, 15) is 4.79 Å². The van der Waals surface area contributed by atoms with E-state index in [1.807, 2.05) is 43.3 Å². The monoisotopic (exact) mass is 234 g/mol. The van der Waals surface area contributed by atoms with Gasteiger partial charge in [-0.05, 0) is 37.1 Å². The maximum atomic E-state index is 10.9. The van der Waals surface area contributed by atoms with Gasteiger partial charge in [0, 0.05) is 31.5 Å². The molecule has 0 amide bonds. The van der Waals surface area contributed by atoms with Crippen LogP contribution in [-0.2, 0) is 4.79 Å². The smallest absolute Gasteiger partial charge is 0.308 e. The maximum Gasteiger partial charge on any atom is 0.308 e. The van der Waals surface area contributed by atoms with E-state index < -0.39 is 5.97 Å². The molecular weight excluding hydrogens is 216 g/mol. The predicted octanol–water partition coefficient (Wildman–Crippen LogP) is 2.03. The molecule has 0 heterocycles. The first kappa shape index (κ1) is 11.8. The highest BCUT2D eigenvalue weighted by Gasteiger charge is 2.36. The first-order chi connectivity index (χ1) is 8.08. The van der Waals surface area contributed by atoms with Gasteiger partial charge in [-0.3, -0.25) is 4.79 Å². The molecule has 0 aliphatic heterocycles. The van der Waals surface area contributed by atoms with Crippen molar-refractivity contribution in [3.63, 3.8) is 0 Å². The third-order valence-electron chi connectivity index (χ3n) is 3.33. The Morgan fingerprint density at radius 3 is 2.35 bits per heavy atom. The van der Waals surface area contributed by atoms with E-state index in [-0.39, 0.29) is 12.0 Å². The number of benzene rings is 1. The van der Waals surface area contributed by atoms with Crippen LogP contribution in [0.15, 0.2) is 24.3 Å². The lowest BCUT2D eigenvalue weighted by Gasteiger charge is -2.34. The summed E-state index contributed by atoms with van der Waals surface area (Å²) in [5.41, 5.74) is 2.13. The molecule has 4 nitrogen and oxygen atoms in total. The Hall–Kier alpha value is -1.71. The van der Waals surface area contributed by atoms with Crippen LogP contribution in [0.25, 0.3) is 0 Å². The lowest BCUT2D eigenvalue weighted by atomic mass is 9.79. The van der Waals surface area contributed by atoms with E-state index >= 15 is 0 Å². The van der Waals surface area contributed by atoms with E-state index in [0.717, 1.165) is 24.2 Å². The molecule has 1 aliphatic carbocycles. The van der Waals surface area contributed by atoms with Gasteiger partial charge >= 0.3 is 5.97 Å². The third-order valence-corrected chi connectivity index (χ3v) is 3.33. The van der Waals surface area contributed by atoms with Crippen LogP contribution in [0.2, 0.25) is 0 Å². The van der Waals surface area contributed by atoms with Crippen molar-refractivity contribution in [2.45, 2.75) is 18.9 Å². The van der Waals surface area contributed by atoms with Crippen LogP contribution in [0.3, 0.4) is 0 Å². The fraction of sp³-hybridized carbons (Fsp3) is 0.462. The van der Waals surface area contributed by atoms with Gasteiger partial charge in [0.25, 0.3) is 0 Å². The minimum atomic E-state index is -0.696. The Labute approximate surface area is 101 Å². The fourth-order valence-electron chi connectivity index (χ4n) is 2.04. The molecule has 2 atom stereocenters. The van der Waals surface area contributed by atoms with Crippen molar-refractivity contribution in [2.24, 2.45) is 5.92 Å². The van der Waals surface area contributed by atoms with E-state index in [0.29, 0.717) is 0 Å². The molecule has 2 N–H and O–H groups in total. The molecule has 0 bridgehead atoms. The molecule has 92 valence electrons. The third kappa shape index (κ3) is 2.52. The van der Waals surface area contributed by atoms with Crippen LogP contribution >= 0.6 is 0 Å². The van der Waals surface area contributed by atoms with Gasteiger partial charge < -0.3 is 15.3 Å². The number of rotatable bonds is 4. The van der Waals surface area contributed by atoms with Crippen molar-refractivity contribution in [1.82, 2.24) is 0 Å². The van der Waals surface area contributed by atoms with Crippen molar-refractivity contribution in [1.29, 1.82) is 0 Å². The number of nitrogens with zero attached hydrogens (tertiary/aromatic N) is 1. The number of aliphatic carboxylic acids is 1. The molecule has 2 unspecified atom stereocenters. The number of anilines is 2. The molecule has 1 aromatic rings. The molecule has 1 saturated carbocycles. The maximum absolute atomic E-state index is 10.9. The summed E-state index contributed by atoms with van der Waals surface area (Å²) in [5, 5.41) is 12.2. The summed E-state index contributed by atoms with van der Waals surface area (Å²) >= 11 is 0. The van der Waals surface area contributed by atoms with Crippen LogP contribution < -0.4 is 10.2 Å². The minimum absolute atomic E-state index is 0.0812. The zero-order valence-corrected chi connectivity index (χ0v) is 10.2. The number of carboxylic acid groups (broad SMARTS) is 1. The highest BCUT2D eigenvalue weighted by atomic mass is 16.4. The molecule has 1 aromatic carbocycles. The molecule has 4 heteroatoms. The van der Waals surface area contributed by atoms with E-state index in [2.05, 4.69) is 5.32 Å². The summed E-state index contributed by atoms with van der Waals surface area (Å²) in [4.78, 5) is 12.9. The molecule has 0 radical (unpaired) electrons. The van der Waals surface area contributed by atoms with Gasteiger partial charge in [-0.2, -0.15) is 0 Å². The molecule has 1 aliphatic rings. The van der Waals surface area contributed by atoms with E-state index in [1.165, 1.54) is 0 Å². The second kappa shape index (κ2) is 4.65. The number of hydrogen-bond donors (Lipinski definition) is 2. The number of nitrogens with one attached hydrogen (secondary N) is 1. The van der Waals surface area contributed by atoms with Gasteiger partial charge in [-0.25, -0.2) is 0 Å². The van der Waals surface area contributed by atoms with E-state index in [1.54, 1.807) is 0 Å². The van der Waals surface area contributed by atoms with Gasteiger partial charge in [0.1, 0.15) is 0 Å². The average molecular weight is 234 g/mol. The molecule has 17 heavy (non-hydrogen) atoms. The molecule has 0 aromatic heterocycles. The fourth-order valence-corrected chi connectivity index (χ4v) is 2.04.